The molecule has 0 spiro atoms. The number of nitrogens with zero attached hydrogens (tertiary/aromatic N) is 2. The third-order valence-corrected chi connectivity index (χ3v) is 4.38. The Labute approximate surface area is 134 Å². The summed E-state index contributed by atoms with van der Waals surface area (Å²) in [5.41, 5.74) is 1.80. The van der Waals surface area contributed by atoms with Crippen LogP contribution in [0.4, 0.5) is 4.39 Å². The van der Waals surface area contributed by atoms with Gasteiger partial charge in [0.05, 0.1) is 5.69 Å². The van der Waals surface area contributed by atoms with Crippen LogP contribution in [0.1, 0.15) is 36.5 Å². The average Bonchev–Trinajstić information content (AvgIpc) is 3.03. The SMILES string of the molecule is Cc1cc(C(=O)NC2CCNC2(C)C)nn1-c1ccc(F)cc1. The van der Waals surface area contributed by atoms with Crippen molar-refractivity contribution in [3.05, 3.63) is 47.5 Å². The lowest BCUT2D eigenvalue weighted by Crippen LogP contribution is -2.50. The molecular weight excluding hydrogens is 295 g/mol. The molecule has 6 heteroatoms. The molecule has 122 valence electrons. The van der Waals surface area contributed by atoms with Crippen molar-refractivity contribution >= 4 is 5.91 Å². The number of halogens is 1. The molecule has 1 atom stereocenters. The molecule has 1 saturated heterocycles. The van der Waals surface area contributed by atoms with Crippen LogP contribution >= 0.6 is 0 Å². The number of rotatable bonds is 3. The van der Waals surface area contributed by atoms with Crippen molar-refractivity contribution in [1.29, 1.82) is 0 Å². The summed E-state index contributed by atoms with van der Waals surface area (Å²) in [6.45, 7) is 6.91. The van der Waals surface area contributed by atoms with Crippen LogP contribution in [0, 0.1) is 12.7 Å². The van der Waals surface area contributed by atoms with Crippen molar-refractivity contribution in [2.24, 2.45) is 0 Å². The maximum Gasteiger partial charge on any atom is 0.272 e. The first-order valence-corrected chi connectivity index (χ1v) is 7.75. The van der Waals surface area contributed by atoms with Crippen molar-refractivity contribution in [2.45, 2.75) is 38.8 Å². The number of aryl methyl sites for hydroxylation is 1. The maximum absolute atomic E-state index is 13.0. The van der Waals surface area contributed by atoms with Crippen LogP contribution in [0.5, 0.6) is 0 Å². The standard InChI is InChI=1S/C17H21FN4O/c1-11-10-14(16(23)20-15-8-9-19-17(15,2)3)21-22(11)13-6-4-12(18)5-7-13/h4-7,10,15,19H,8-9H2,1-3H3,(H,20,23). The van der Waals surface area contributed by atoms with Crippen LogP contribution in [-0.2, 0) is 0 Å². The molecule has 1 amide bonds. The Kier molecular flexibility index (Phi) is 3.93. The number of carbonyl (C=O) groups excluding carboxylic acids is 1. The minimum atomic E-state index is -0.299. The first kappa shape index (κ1) is 15.7. The zero-order valence-corrected chi connectivity index (χ0v) is 13.6. The molecule has 2 heterocycles. The number of nitrogens with one attached hydrogen (secondary N) is 2. The Hall–Kier alpha value is -2.21. The Morgan fingerprint density at radius 2 is 2.09 bits per heavy atom. The van der Waals surface area contributed by atoms with Crippen LogP contribution in [0.2, 0.25) is 0 Å². The summed E-state index contributed by atoms with van der Waals surface area (Å²) < 4.78 is 14.7. The van der Waals surface area contributed by atoms with Gasteiger partial charge >= 0.3 is 0 Å². The third kappa shape index (κ3) is 3.12. The van der Waals surface area contributed by atoms with E-state index in [0.29, 0.717) is 5.69 Å². The van der Waals surface area contributed by atoms with Crippen LogP contribution in [-0.4, -0.2) is 33.8 Å². The molecule has 5 nitrogen and oxygen atoms in total. The molecule has 0 bridgehead atoms. The minimum Gasteiger partial charge on any atom is -0.346 e. The number of hydrogen-bond donors (Lipinski definition) is 2. The molecule has 1 fully saturated rings. The highest BCUT2D eigenvalue weighted by Crippen LogP contribution is 2.19. The molecule has 1 aliphatic heterocycles. The highest BCUT2D eigenvalue weighted by Gasteiger charge is 2.35. The summed E-state index contributed by atoms with van der Waals surface area (Å²) in [5.74, 6) is -0.483. The second kappa shape index (κ2) is 5.77. The molecule has 1 aromatic heterocycles. The van der Waals surface area contributed by atoms with E-state index in [1.54, 1.807) is 22.9 Å². The van der Waals surface area contributed by atoms with Gasteiger partial charge in [0.15, 0.2) is 5.69 Å². The zero-order valence-electron chi connectivity index (χ0n) is 13.6. The van der Waals surface area contributed by atoms with Gasteiger partial charge in [0.2, 0.25) is 0 Å². The van der Waals surface area contributed by atoms with Crippen LogP contribution in [0.25, 0.3) is 5.69 Å². The highest BCUT2D eigenvalue weighted by molar-refractivity contribution is 5.92. The lowest BCUT2D eigenvalue weighted by atomic mass is 9.97. The Morgan fingerprint density at radius 1 is 1.39 bits per heavy atom. The van der Waals surface area contributed by atoms with Gasteiger partial charge in [0.1, 0.15) is 5.82 Å². The third-order valence-electron chi connectivity index (χ3n) is 4.38. The fraction of sp³-hybridized carbons (Fsp3) is 0.412. The smallest absolute Gasteiger partial charge is 0.272 e. The van der Waals surface area contributed by atoms with Gasteiger partial charge in [-0.1, -0.05) is 0 Å². The van der Waals surface area contributed by atoms with E-state index in [4.69, 9.17) is 0 Å². The summed E-state index contributed by atoms with van der Waals surface area (Å²) >= 11 is 0. The van der Waals surface area contributed by atoms with Crippen molar-refractivity contribution in [3.8, 4) is 5.69 Å². The summed E-state index contributed by atoms with van der Waals surface area (Å²) in [6.07, 6.45) is 0.899. The van der Waals surface area contributed by atoms with Gasteiger partial charge in [-0.2, -0.15) is 5.10 Å². The van der Waals surface area contributed by atoms with Gasteiger partial charge in [-0.05, 0) is 64.1 Å². The minimum absolute atomic E-state index is 0.0753. The van der Waals surface area contributed by atoms with E-state index in [0.717, 1.165) is 24.3 Å². The Bertz CT molecular complexity index is 721. The Balaban J connectivity index is 1.80. The summed E-state index contributed by atoms with van der Waals surface area (Å²) in [7, 11) is 0. The number of hydrogen-bond acceptors (Lipinski definition) is 3. The predicted molar refractivity (Wildman–Crippen MR) is 86.2 cm³/mol. The monoisotopic (exact) mass is 316 g/mol. The lowest BCUT2D eigenvalue weighted by Gasteiger charge is -2.27. The molecule has 23 heavy (non-hydrogen) atoms. The number of carbonyl (C=O) groups is 1. The van der Waals surface area contributed by atoms with Gasteiger partial charge in [-0.3, -0.25) is 4.79 Å². The van der Waals surface area contributed by atoms with E-state index in [-0.39, 0.29) is 23.3 Å². The molecule has 1 aliphatic rings. The molecule has 1 unspecified atom stereocenters. The quantitative estimate of drug-likeness (QED) is 0.912. The fourth-order valence-electron chi connectivity index (χ4n) is 2.94. The molecule has 1 aromatic carbocycles. The van der Waals surface area contributed by atoms with Gasteiger partial charge in [0, 0.05) is 17.3 Å². The normalized spacial score (nSPS) is 19.7. The van der Waals surface area contributed by atoms with Gasteiger partial charge in [-0.25, -0.2) is 9.07 Å². The number of aromatic nitrogens is 2. The average molecular weight is 316 g/mol. The topological polar surface area (TPSA) is 59.0 Å². The fourth-order valence-corrected chi connectivity index (χ4v) is 2.94. The zero-order chi connectivity index (χ0) is 16.6. The van der Waals surface area contributed by atoms with Crippen LogP contribution in [0.15, 0.2) is 30.3 Å². The van der Waals surface area contributed by atoms with Crippen LogP contribution < -0.4 is 10.6 Å². The maximum atomic E-state index is 13.0. The number of benzene rings is 1. The molecular formula is C17H21FN4O. The van der Waals surface area contributed by atoms with Gasteiger partial charge < -0.3 is 10.6 Å². The molecule has 2 N–H and O–H groups in total. The van der Waals surface area contributed by atoms with Crippen molar-refractivity contribution in [3.63, 3.8) is 0 Å². The van der Waals surface area contributed by atoms with Gasteiger partial charge in [-0.15, -0.1) is 0 Å². The predicted octanol–water partition coefficient (Wildman–Crippen LogP) is 2.19. The van der Waals surface area contributed by atoms with Gasteiger partial charge in [0.25, 0.3) is 5.91 Å². The first-order valence-electron chi connectivity index (χ1n) is 7.75. The largest absolute Gasteiger partial charge is 0.346 e. The van der Waals surface area contributed by atoms with Crippen LogP contribution in [0.3, 0.4) is 0 Å². The summed E-state index contributed by atoms with van der Waals surface area (Å²) in [5, 5.41) is 10.8. The second-order valence-corrected chi connectivity index (χ2v) is 6.52. The second-order valence-electron chi connectivity index (χ2n) is 6.52. The van der Waals surface area contributed by atoms with Crippen molar-refractivity contribution in [2.75, 3.05) is 6.54 Å². The highest BCUT2D eigenvalue weighted by atomic mass is 19.1. The number of amides is 1. The molecule has 0 saturated carbocycles. The van der Waals surface area contributed by atoms with E-state index in [2.05, 4.69) is 29.6 Å². The van der Waals surface area contributed by atoms with Crippen molar-refractivity contribution < 1.29 is 9.18 Å². The summed E-state index contributed by atoms with van der Waals surface area (Å²) in [6, 6.07) is 7.85. The first-order chi connectivity index (χ1) is 10.9. The van der Waals surface area contributed by atoms with E-state index in [1.165, 1.54) is 12.1 Å². The van der Waals surface area contributed by atoms with E-state index in [9.17, 15) is 9.18 Å². The summed E-state index contributed by atoms with van der Waals surface area (Å²) in [4.78, 5) is 12.5. The Morgan fingerprint density at radius 3 is 2.70 bits per heavy atom. The molecule has 3 rings (SSSR count). The molecule has 2 aromatic rings. The van der Waals surface area contributed by atoms with E-state index in [1.807, 2.05) is 6.92 Å². The molecule has 0 aliphatic carbocycles. The molecule has 0 radical (unpaired) electrons. The lowest BCUT2D eigenvalue weighted by molar-refractivity contribution is 0.0918. The van der Waals surface area contributed by atoms with E-state index >= 15 is 0 Å². The van der Waals surface area contributed by atoms with E-state index < -0.39 is 0 Å². The van der Waals surface area contributed by atoms with Crippen molar-refractivity contribution in [1.82, 2.24) is 20.4 Å².